The minimum Gasteiger partial charge on any atom is -0.465 e. The van der Waals surface area contributed by atoms with Crippen LogP contribution >= 0.6 is 0 Å². The van der Waals surface area contributed by atoms with Gasteiger partial charge in [0, 0.05) is 18.7 Å². The number of carbonyl (C=O) groups excluding carboxylic acids is 2. The van der Waals surface area contributed by atoms with Gasteiger partial charge in [0.2, 0.25) is 0 Å². The summed E-state index contributed by atoms with van der Waals surface area (Å²) < 4.78 is 6.14. The van der Waals surface area contributed by atoms with Crippen molar-refractivity contribution in [1.29, 1.82) is 0 Å². The van der Waals surface area contributed by atoms with Crippen LogP contribution in [-0.2, 0) is 11.8 Å². The summed E-state index contributed by atoms with van der Waals surface area (Å²) in [6, 6.07) is 6.13. The number of carbonyl (C=O) groups is 2. The van der Waals surface area contributed by atoms with Crippen LogP contribution in [0, 0.1) is 17.0 Å². The first kappa shape index (κ1) is 15.4. The predicted molar refractivity (Wildman–Crippen MR) is 79.0 cm³/mol. The first-order valence-electron chi connectivity index (χ1n) is 6.40. The summed E-state index contributed by atoms with van der Waals surface area (Å²) in [4.78, 5) is 33.8. The molecule has 2 rings (SSSR count). The molecule has 0 unspecified atom stereocenters. The molecule has 1 aromatic heterocycles. The van der Waals surface area contributed by atoms with Gasteiger partial charge in [-0.05, 0) is 18.6 Å². The number of aldehydes is 1. The molecule has 0 aliphatic carbocycles. The molecular weight excluding hydrogens is 288 g/mol. The Hall–Kier alpha value is -2.96. The lowest BCUT2D eigenvalue weighted by Crippen LogP contribution is -2.08. The Kier molecular flexibility index (Phi) is 4.07. The van der Waals surface area contributed by atoms with Crippen LogP contribution in [0.3, 0.4) is 0 Å². The van der Waals surface area contributed by atoms with Crippen molar-refractivity contribution >= 4 is 17.9 Å². The topological polar surface area (TPSA) is 91.4 Å². The second-order valence-electron chi connectivity index (χ2n) is 4.73. The zero-order valence-corrected chi connectivity index (χ0v) is 12.3. The van der Waals surface area contributed by atoms with E-state index in [1.54, 1.807) is 26.1 Å². The van der Waals surface area contributed by atoms with E-state index in [1.165, 1.54) is 23.8 Å². The Balaban J connectivity index is 2.88. The number of nitro groups is 1. The minimum absolute atomic E-state index is 0.153. The number of benzene rings is 1. The van der Waals surface area contributed by atoms with E-state index in [-0.39, 0.29) is 22.6 Å². The highest BCUT2D eigenvalue weighted by Crippen LogP contribution is 2.36. The molecule has 7 nitrogen and oxygen atoms in total. The highest BCUT2D eigenvalue weighted by molar-refractivity contribution is 5.99. The van der Waals surface area contributed by atoms with Gasteiger partial charge in [-0.1, -0.05) is 12.1 Å². The van der Waals surface area contributed by atoms with Gasteiger partial charge in [0.05, 0.1) is 23.3 Å². The van der Waals surface area contributed by atoms with E-state index in [9.17, 15) is 19.7 Å². The molecule has 0 bridgehead atoms. The fourth-order valence-corrected chi connectivity index (χ4v) is 2.42. The molecule has 0 spiro atoms. The highest BCUT2D eigenvalue weighted by atomic mass is 16.6. The third kappa shape index (κ3) is 2.37. The predicted octanol–water partition coefficient (Wildman–Crippen LogP) is 2.51. The van der Waals surface area contributed by atoms with Gasteiger partial charge < -0.3 is 9.30 Å². The van der Waals surface area contributed by atoms with Gasteiger partial charge in [-0.15, -0.1) is 0 Å². The number of ether oxygens (including phenoxy) is 1. The first-order chi connectivity index (χ1) is 10.4. The van der Waals surface area contributed by atoms with Crippen molar-refractivity contribution in [2.45, 2.75) is 6.92 Å². The first-order valence-corrected chi connectivity index (χ1v) is 6.40. The fourth-order valence-electron chi connectivity index (χ4n) is 2.42. The van der Waals surface area contributed by atoms with Crippen molar-refractivity contribution in [2.75, 3.05) is 7.11 Å². The third-order valence-corrected chi connectivity index (χ3v) is 3.48. The van der Waals surface area contributed by atoms with Crippen molar-refractivity contribution in [3.05, 3.63) is 51.2 Å². The summed E-state index contributed by atoms with van der Waals surface area (Å²) in [5, 5.41) is 11.3. The number of esters is 1. The molecule has 0 aliphatic rings. The Morgan fingerprint density at radius 3 is 2.64 bits per heavy atom. The van der Waals surface area contributed by atoms with Crippen LogP contribution in [0.2, 0.25) is 0 Å². The third-order valence-electron chi connectivity index (χ3n) is 3.48. The maximum absolute atomic E-state index is 12.0. The van der Waals surface area contributed by atoms with Crippen molar-refractivity contribution in [3.8, 4) is 11.3 Å². The molecule has 1 heterocycles. The van der Waals surface area contributed by atoms with Gasteiger partial charge in [0.25, 0.3) is 5.69 Å². The van der Waals surface area contributed by atoms with E-state index in [0.29, 0.717) is 17.4 Å². The number of hydrogen-bond acceptors (Lipinski definition) is 5. The maximum atomic E-state index is 12.0. The van der Waals surface area contributed by atoms with Gasteiger partial charge in [-0.25, -0.2) is 4.79 Å². The number of methoxy groups -OCH3 is 1. The van der Waals surface area contributed by atoms with E-state index < -0.39 is 10.9 Å². The van der Waals surface area contributed by atoms with E-state index >= 15 is 0 Å². The molecule has 0 saturated heterocycles. The molecule has 7 heteroatoms. The Bertz CT molecular complexity index is 776. The summed E-state index contributed by atoms with van der Waals surface area (Å²) in [7, 11) is 2.78. The van der Waals surface area contributed by atoms with Gasteiger partial charge in [0.15, 0.2) is 6.29 Å². The molecule has 0 radical (unpaired) electrons. The van der Waals surface area contributed by atoms with E-state index in [1.807, 2.05) is 0 Å². The molecule has 1 aromatic carbocycles. The summed E-state index contributed by atoms with van der Waals surface area (Å²) in [5.41, 5.74) is 1.39. The van der Waals surface area contributed by atoms with Crippen LogP contribution in [0.1, 0.15) is 26.4 Å². The SMILES string of the molecule is COC(=O)c1cccc(C)c1-c1c([N+](=O)[O-])cc(C=O)n1C. The number of nitrogens with zero attached hydrogens (tertiary/aromatic N) is 2. The smallest absolute Gasteiger partial charge is 0.338 e. The van der Waals surface area contributed by atoms with Crippen molar-refractivity contribution in [3.63, 3.8) is 0 Å². The highest BCUT2D eigenvalue weighted by Gasteiger charge is 2.27. The van der Waals surface area contributed by atoms with E-state index in [2.05, 4.69) is 0 Å². The molecule has 114 valence electrons. The van der Waals surface area contributed by atoms with Crippen molar-refractivity contribution in [2.24, 2.45) is 7.05 Å². The lowest BCUT2D eigenvalue weighted by atomic mass is 9.98. The van der Waals surface area contributed by atoms with Gasteiger partial charge in [0.1, 0.15) is 5.69 Å². The van der Waals surface area contributed by atoms with Crippen LogP contribution in [0.15, 0.2) is 24.3 Å². The molecule has 0 atom stereocenters. The molecule has 0 N–H and O–H groups in total. The number of aryl methyl sites for hydroxylation is 1. The van der Waals surface area contributed by atoms with E-state index in [4.69, 9.17) is 4.74 Å². The lowest BCUT2D eigenvalue weighted by Gasteiger charge is -2.12. The molecule has 0 aliphatic heterocycles. The average Bonchev–Trinajstić information content (AvgIpc) is 2.83. The zero-order chi connectivity index (χ0) is 16.4. The van der Waals surface area contributed by atoms with Gasteiger partial charge >= 0.3 is 5.97 Å². The molecule has 2 aromatic rings. The maximum Gasteiger partial charge on any atom is 0.338 e. The van der Waals surface area contributed by atoms with Gasteiger partial charge in [-0.2, -0.15) is 0 Å². The normalized spacial score (nSPS) is 10.3. The molecule has 22 heavy (non-hydrogen) atoms. The van der Waals surface area contributed by atoms with Crippen molar-refractivity contribution in [1.82, 2.24) is 4.57 Å². The Morgan fingerprint density at radius 2 is 2.09 bits per heavy atom. The minimum atomic E-state index is -0.596. The monoisotopic (exact) mass is 302 g/mol. The summed E-state index contributed by atoms with van der Waals surface area (Å²) in [6.45, 7) is 1.74. The Morgan fingerprint density at radius 1 is 1.41 bits per heavy atom. The lowest BCUT2D eigenvalue weighted by molar-refractivity contribution is -0.384. The second-order valence-corrected chi connectivity index (χ2v) is 4.73. The number of rotatable bonds is 4. The summed E-state index contributed by atoms with van der Waals surface area (Å²) >= 11 is 0. The van der Waals surface area contributed by atoms with Crippen LogP contribution in [0.4, 0.5) is 5.69 Å². The standard InChI is InChI=1S/C15H14N2O5/c1-9-5-4-6-11(15(19)22-3)13(9)14-12(17(20)21)7-10(8-18)16(14)2/h4-8H,1-3H3. The molecule has 0 fully saturated rings. The van der Waals surface area contributed by atoms with Crippen LogP contribution in [0.5, 0.6) is 0 Å². The van der Waals surface area contributed by atoms with Crippen LogP contribution in [0.25, 0.3) is 11.3 Å². The quantitative estimate of drug-likeness (QED) is 0.374. The summed E-state index contributed by atoms with van der Waals surface area (Å²) in [5.74, 6) is -0.596. The summed E-state index contributed by atoms with van der Waals surface area (Å²) in [6.07, 6.45) is 0.534. The van der Waals surface area contributed by atoms with E-state index in [0.717, 1.165) is 0 Å². The van der Waals surface area contributed by atoms with Crippen molar-refractivity contribution < 1.29 is 19.2 Å². The Labute approximate surface area is 126 Å². The fraction of sp³-hybridized carbons (Fsp3) is 0.200. The molecule has 0 saturated carbocycles. The average molecular weight is 302 g/mol. The van der Waals surface area contributed by atoms with Crippen LogP contribution in [-0.4, -0.2) is 28.9 Å². The largest absolute Gasteiger partial charge is 0.465 e. The molecular formula is C15H14N2O5. The van der Waals surface area contributed by atoms with Crippen LogP contribution < -0.4 is 0 Å². The number of aromatic nitrogens is 1. The zero-order valence-electron chi connectivity index (χ0n) is 12.3. The number of hydrogen-bond donors (Lipinski definition) is 0. The molecule has 0 amide bonds. The second kappa shape index (κ2) is 5.80. The van der Waals surface area contributed by atoms with Gasteiger partial charge in [-0.3, -0.25) is 14.9 Å².